The van der Waals surface area contributed by atoms with Gasteiger partial charge in [-0.3, -0.25) is 0 Å². The molecule has 0 aromatic heterocycles. The maximum absolute atomic E-state index is 3.40. The summed E-state index contributed by atoms with van der Waals surface area (Å²) in [6.07, 6.45) is 0. The summed E-state index contributed by atoms with van der Waals surface area (Å²) >= 11 is 1.96. The highest BCUT2D eigenvalue weighted by atomic mass is 79.9. The predicted octanol–water partition coefficient (Wildman–Crippen LogP) is 3.17. The zero-order valence-corrected chi connectivity index (χ0v) is 13.0. The zero-order chi connectivity index (χ0) is 11.4. The van der Waals surface area contributed by atoms with E-state index in [0.29, 0.717) is 5.25 Å². The predicted molar refractivity (Wildman–Crippen MR) is 82.8 cm³/mol. The number of halogens is 1. The molecule has 1 aliphatic rings. The summed E-state index contributed by atoms with van der Waals surface area (Å²) in [7, 11) is 0. The van der Waals surface area contributed by atoms with Crippen LogP contribution in [0, 0.1) is 0 Å². The lowest BCUT2D eigenvalue weighted by Gasteiger charge is -2.31. The van der Waals surface area contributed by atoms with Crippen LogP contribution in [-0.2, 0) is 0 Å². The van der Waals surface area contributed by atoms with Crippen LogP contribution < -0.4 is 10.2 Å². The van der Waals surface area contributed by atoms with E-state index in [2.05, 4.69) is 48.3 Å². The molecule has 96 valence electrons. The van der Waals surface area contributed by atoms with Gasteiger partial charge in [-0.05, 0) is 12.1 Å². The molecule has 17 heavy (non-hydrogen) atoms. The molecule has 0 aliphatic carbocycles. The van der Waals surface area contributed by atoms with Crippen molar-refractivity contribution in [1.82, 2.24) is 5.32 Å². The molecule has 0 bridgehead atoms. The SMILES string of the molecule is Br.CC(C)Sc1ccccc1N1CCNCC1. The number of piperazine rings is 1. The van der Waals surface area contributed by atoms with Gasteiger partial charge in [0.1, 0.15) is 0 Å². The van der Waals surface area contributed by atoms with E-state index in [1.54, 1.807) is 0 Å². The molecule has 0 spiro atoms. The highest BCUT2D eigenvalue weighted by Gasteiger charge is 2.14. The van der Waals surface area contributed by atoms with Crippen LogP contribution in [-0.4, -0.2) is 31.4 Å². The molecule has 0 saturated carbocycles. The van der Waals surface area contributed by atoms with Crippen molar-refractivity contribution in [2.24, 2.45) is 0 Å². The monoisotopic (exact) mass is 316 g/mol. The van der Waals surface area contributed by atoms with E-state index in [1.165, 1.54) is 10.6 Å². The van der Waals surface area contributed by atoms with E-state index in [9.17, 15) is 0 Å². The normalized spacial score (nSPS) is 15.8. The molecule has 1 heterocycles. The number of nitrogens with zero attached hydrogens (tertiary/aromatic N) is 1. The fraction of sp³-hybridized carbons (Fsp3) is 0.538. The van der Waals surface area contributed by atoms with E-state index in [4.69, 9.17) is 0 Å². The molecule has 1 saturated heterocycles. The van der Waals surface area contributed by atoms with Gasteiger partial charge < -0.3 is 10.2 Å². The Morgan fingerprint density at radius 2 is 1.82 bits per heavy atom. The van der Waals surface area contributed by atoms with Crippen LogP contribution in [0.25, 0.3) is 0 Å². The molecule has 1 fully saturated rings. The summed E-state index contributed by atoms with van der Waals surface area (Å²) in [5, 5.41) is 4.04. The van der Waals surface area contributed by atoms with Gasteiger partial charge in [0.25, 0.3) is 0 Å². The summed E-state index contributed by atoms with van der Waals surface area (Å²) in [5.74, 6) is 0. The zero-order valence-electron chi connectivity index (χ0n) is 10.5. The first-order chi connectivity index (χ1) is 7.77. The smallest absolute Gasteiger partial charge is 0.0505 e. The lowest BCUT2D eigenvalue weighted by molar-refractivity contribution is 0.587. The first kappa shape index (κ1) is 14.9. The van der Waals surface area contributed by atoms with Crippen LogP contribution in [0.1, 0.15) is 13.8 Å². The van der Waals surface area contributed by atoms with Crippen LogP contribution in [0.5, 0.6) is 0 Å². The quantitative estimate of drug-likeness (QED) is 0.862. The second-order valence-electron chi connectivity index (χ2n) is 4.37. The maximum Gasteiger partial charge on any atom is 0.0505 e. The number of rotatable bonds is 3. The molecule has 2 nitrogen and oxygen atoms in total. The lowest BCUT2D eigenvalue weighted by atomic mass is 10.2. The second-order valence-corrected chi connectivity index (χ2v) is 5.99. The average Bonchev–Trinajstić information content (AvgIpc) is 2.30. The van der Waals surface area contributed by atoms with Crippen LogP contribution in [0.4, 0.5) is 5.69 Å². The standard InChI is InChI=1S/C13H20N2S.BrH/c1-11(2)16-13-6-4-3-5-12(13)15-9-7-14-8-10-15;/h3-6,11,14H,7-10H2,1-2H3;1H. The van der Waals surface area contributed by atoms with Gasteiger partial charge in [0.15, 0.2) is 0 Å². The molecular formula is C13H21BrN2S. The molecular weight excluding hydrogens is 296 g/mol. The van der Waals surface area contributed by atoms with Crippen LogP contribution in [0.15, 0.2) is 29.2 Å². The van der Waals surface area contributed by atoms with Gasteiger partial charge in [0, 0.05) is 36.3 Å². The Balaban J connectivity index is 0.00000144. The highest BCUT2D eigenvalue weighted by molar-refractivity contribution is 8.93. The number of anilines is 1. The van der Waals surface area contributed by atoms with Crippen LogP contribution in [0.3, 0.4) is 0 Å². The van der Waals surface area contributed by atoms with Crippen molar-refractivity contribution in [1.29, 1.82) is 0 Å². The van der Waals surface area contributed by atoms with Crippen molar-refractivity contribution in [2.45, 2.75) is 24.0 Å². The molecule has 0 unspecified atom stereocenters. The Bertz CT molecular complexity index is 338. The fourth-order valence-electron chi connectivity index (χ4n) is 1.98. The summed E-state index contributed by atoms with van der Waals surface area (Å²) < 4.78 is 0. The van der Waals surface area contributed by atoms with Crippen molar-refractivity contribution in [3.8, 4) is 0 Å². The van der Waals surface area contributed by atoms with Gasteiger partial charge in [0.2, 0.25) is 0 Å². The van der Waals surface area contributed by atoms with E-state index >= 15 is 0 Å². The van der Waals surface area contributed by atoms with Crippen LogP contribution in [0.2, 0.25) is 0 Å². The number of hydrogen-bond acceptors (Lipinski definition) is 3. The van der Waals surface area contributed by atoms with Gasteiger partial charge in [-0.2, -0.15) is 0 Å². The minimum absolute atomic E-state index is 0. The molecule has 4 heteroatoms. The Kier molecular flexibility index (Phi) is 6.38. The summed E-state index contributed by atoms with van der Waals surface area (Å²) in [4.78, 5) is 3.90. The Labute approximate surface area is 119 Å². The molecule has 2 rings (SSSR count). The van der Waals surface area contributed by atoms with Crippen molar-refractivity contribution in [2.75, 3.05) is 31.1 Å². The lowest BCUT2D eigenvalue weighted by Crippen LogP contribution is -2.43. The first-order valence-electron chi connectivity index (χ1n) is 5.99. The van der Waals surface area contributed by atoms with Gasteiger partial charge >= 0.3 is 0 Å². The first-order valence-corrected chi connectivity index (χ1v) is 6.86. The molecule has 1 aromatic rings. The Hall–Kier alpha value is -0.190. The number of hydrogen-bond donors (Lipinski definition) is 1. The minimum Gasteiger partial charge on any atom is -0.368 e. The van der Waals surface area contributed by atoms with Crippen molar-refractivity contribution in [3.05, 3.63) is 24.3 Å². The van der Waals surface area contributed by atoms with Crippen molar-refractivity contribution >= 4 is 34.4 Å². The summed E-state index contributed by atoms with van der Waals surface area (Å²) in [5.41, 5.74) is 1.41. The minimum atomic E-state index is 0. The molecule has 0 radical (unpaired) electrons. The van der Waals surface area contributed by atoms with Crippen LogP contribution >= 0.6 is 28.7 Å². The number of thioether (sulfide) groups is 1. The van der Waals surface area contributed by atoms with E-state index < -0.39 is 0 Å². The number of nitrogens with one attached hydrogen (secondary N) is 1. The average molecular weight is 317 g/mol. The molecule has 1 aromatic carbocycles. The van der Waals surface area contributed by atoms with Crippen molar-refractivity contribution in [3.63, 3.8) is 0 Å². The third-order valence-electron chi connectivity index (χ3n) is 2.69. The third-order valence-corrected chi connectivity index (χ3v) is 3.76. The van der Waals surface area contributed by atoms with Crippen molar-refractivity contribution < 1.29 is 0 Å². The highest BCUT2D eigenvalue weighted by Crippen LogP contribution is 2.32. The fourth-order valence-corrected chi connectivity index (χ4v) is 2.96. The largest absolute Gasteiger partial charge is 0.368 e. The second kappa shape index (κ2) is 7.29. The van der Waals surface area contributed by atoms with Gasteiger partial charge in [-0.25, -0.2) is 0 Å². The molecule has 1 aliphatic heterocycles. The number of benzene rings is 1. The molecule has 0 amide bonds. The molecule has 1 N–H and O–H groups in total. The molecule has 0 atom stereocenters. The van der Waals surface area contributed by atoms with Gasteiger partial charge in [-0.1, -0.05) is 26.0 Å². The maximum atomic E-state index is 3.40. The number of para-hydroxylation sites is 1. The van der Waals surface area contributed by atoms with Gasteiger partial charge in [0.05, 0.1) is 5.69 Å². The van der Waals surface area contributed by atoms with Gasteiger partial charge in [-0.15, -0.1) is 28.7 Å². The Morgan fingerprint density at radius 1 is 1.18 bits per heavy atom. The topological polar surface area (TPSA) is 15.3 Å². The van der Waals surface area contributed by atoms with E-state index in [-0.39, 0.29) is 17.0 Å². The Morgan fingerprint density at radius 3 is 2.47 bits per heavy atom. The summed E-state index contributed by atoms with van der Waals surface area (Å²) in [6, 6.07) is 8.76. The third kappa shape index (κ3) is 4.19. The summed E-state index contributed by atoms with van der Waals surface area (Å²) in [6.45, 7) is 8.94. The van der Waals surface area contributed by atoms with E-state index in [0.717, 1.165) is 26.2 Å². The van der Waals surface area contributed by atoms with E-state index in [1.807, 2.05) is 11.8 Å².